The van der Waals surface area contributed by atoms with Gasteiger partial charge < -0.3 is 4.74 Å². The van der Waals surface area contributed by atoms with Crippen LogP contribution >= 0.6 is 11.6 Å². The summed E-state index contributed by atoms with van der Waals surface area (Å²) in [5.74, 6) is 0.813. The molecule has 0 aliphatic rings. The monoisotopic (exact) mass is 250 g/mol. The molecule has 0 radical (unpaired) electrons. The Labute approximate surface area is 106 Å². The lowest BCUT2D eigenvalue weighted by molar-refractivity contribution is 0.416. The third kappa shape index (κ3) is 2.15. The van der Waals surface area contributed by atoms with Crippen LogP contribution in [0.2, 0.25) is 5.02 Å². The van der Waals surface area contributed by atoms with Gasteiger partial charge in [-0.15, -0.1) is 0 Å². The van der Waals surface area contributed by atoms with Crippen molar-refractivity contribution in [3.05, 3.63) is 35.1 Å². The zero-order valence-corrected chi connectivity index (χ0v) is 11.0. The molecule has 0 aliphatic heterocycles. The van der Waals surface area contributed by atoms with Crippen LogP contribution in [0.3, 0.4) is 0 Å². The van der Waals surface area contributed by atoms with E-state index >= 15 is 0 Å². The summed E-state index contributed by atoms with van der Waals surface area (Å²) in [6.45, 7) is 4.97. The summed E-state index contributed by atoms with van der Waals surface area (Å²) >= 11 is 6.03. The Morgan fingerprint density at radius 3 is 2.71 bits per heavy atom. The third-order valence-electron chi connectivity index (χ3n) is 2.85. The van der Waals surface area contributed by atoms with Crippen LogP contribution in [0, 0.1) is 6.92 Å². The summed E-state index contributed by atoms with van der Waals surface area (Å²) in [6, 6.07) is 5.61. The molecule has 17 heavy (non-hydrogen) atoms. The Hall–Kier alpha value is -1.48. The number of ether oxygens (including phenoxy) is 1. The summed E-state index contributed by atoms with van der Waals surface area (Å²) in [5.41, 5.74) is 3.16. The minimum Gasteiger partial charge on any atom is -0.496 e. The maximum absolute atomic E-state index is 6.03. The first-order valence-electron chi connectivity index (χ1n) is 5.53. The van der Waals surface area contributed by atoms with Crippen molar-refractivity contribution in [2.45, 2.75) is 20.4 Å². The number of benzene rings is 1. The average molecular weight is 251 g/mol. The van der Waals surface area contributed by atoms with Crippen molar-refractivity contribution < 1.29 is 4.74 Å². The van der Waals surface area contributed by atoms with Crippen LogP contribution in [-0.2, 0) is 6.54 Å². The van der Waals surface area contributed by atoms with Gasteiger partial charge in [-0.1, -0.05) is 11.6 Å². The number of hydrogen-bond donors (Lipinski definition) is 0. The van der Waals surface area contributed by atoms with Crippen molar-refractivity contribution in [3.8, 4) is 16.9 Å². The molecule has 3 nitrogen and oxygen atoms in total. The zero-order valence-electron chi connectivity index (χ0n) is 10.2. The summed E-state index contributed by atoms with van der Waals surface area (Å²) < 4.78 is 7.31. The lowest BCUT2D eigenvalue weighted by Crippen LogP contribution is -1.98. The molecular formula is C13H15ClN2O. The lowest BCUT2D eigenvalue weighted by atomic mass is 10.1. The Kier molecular flexibility index (Phi) is 3.38. The number of rotatable bonds is 3. The van der Waals surface area contributed by atoms with Crippen LogP contribution in [0.1, 0.15) is 12.6 Å². The van der Waals surface area contributed by atoms with E-state index in [-0.39, 0.29) is 0 Å². The second kappa shape index (κ2) is 4.80. The van der Waals surface area contributed by atoms with Gasteiger partial charge in [0.05, 0.1) is 13.3 Å². The standard InChI is InChI=1S/C13H15ClN2O/c1-4-16-9(2)12(8-15-16)11-7-10(14)5-6-13(11)17-3/h5-8H,4H2,1-3H3. The van der Waals surface area contributed by atoms with E-state index in [1.807, 2.05) is 36.0 Å². The summed E-state index contributed by atoms with van der Waals surface area (Å²) in [4.78, 5) is 0. The second-order valence-electron chi connectivity index (χ2n) is 3.80. The lowest BCUT2D eigenvalue weighted by Gasteiger charge is -2.08. The Bertz CT molecular complexity index is 534. The molecule has 1 aromatic carbocycles. The predicted molar refractivity (Wildman–Crippen MR) is 69.6 cm³/mol. The van der Waals surface area contributed by atoms with Crippen LogP contribution in [0.25, 0.3) is 11.1 Å². The molecular weight excluding hydrogens is 236 g/mol. The number of halogens is 1. The van der Waals surface area contributed by atoms with Gasteiger partial charge in [-0.05, 0) is 32.0 Å². The van der Waals surface area contributed by atoms with E-state index in [0.717, 1.165) is 29.1 Å². The van der Waals surface area contributed by atoms with E-state index in [4.69, 9.17) is 16.3 Å². The Morgan fingerprint density at radius 1 is 1.35 bits per heavy atom. The van der Waals surface area contributed by atoms with E-state index in [0.29, 0.717) is 5.02 Å². The summed E-state index contributed by atoms with van der Waals surface area (Å²) in [5, 5.41) is 5.03. The fraction of sp³-hybridized carbons (Fsp3) is 0.308. The molecule has 0 unspecified atom stereocenters. The molecule has 4 heteroatoms. The van der Waals surface area contributed by atoms with E-state index < -0.39 is 0 Å². The smallest absolute Gasteiger partial charge is 0.126 e. The van der Waals surface area contributed by atoms with E-state index in [1.54, 1.807) is 7.11 Å². The van der Waals surface area contributed by atoms with Gasteiger partial charge in [-0.25, -0.2) is 0 Å². The first-order chi connectivity index (χ1) is 8.17. The largest absolute Gasteiger partial charge is 0.496 e. The molecule has 1 heterocycles. The van der Waals surface area contributed by atoms with Crippen LogP contribution in [0.5, 0.6) is 5.75 Å². The summed E-state index contributed by atoms with van der Waals surface area (Å²) in [6.07, 6.45) is 1.85. The van der Waals surface area contributed by atoms with Crippen LogP contribution in [-0.4, -0.2) is 16.9 Å². The van der Waals surface area contributed by atoms with Crippen molar-refractivity contribution >= 4 is 11.6 Å². The van der Waals surface area contributed by atoms with Gasteiger partial charge >= 0.3 is 0 Å². The van der Waals surface area contributed by atoms with Crippen molar-refractivity contribution in [2.24, 2.45) is 0 Å². The Morgan fingerprint density at radius 2 is 2.12 bits per heavy atom. The van der Waals surface area contributed by atoms with Crippen molar-refractivity contribution in [3.63, 3.8) is 0 Å². The topological polar surface area (TPSA) is 27.1 Å². The molecule has 0 aliphatic carbocycles. The Balaban J connectivity index is 2.58. The van der Waals surface area contributed by atoms with Crippen molar-refractivity contribution in [2.75, 3.05) is 7.11 Å². The van der Waals surface area contributed by atoms with Gasteiger partial charge in [0.15, 0.2) is 0 Å². The first-order valence-corrected chi connectivity index (χ1v) is 5.91. The minimum atomic E-state index is 0.699. The van der Waals surface area contributed by atoms with Gasteiger partial charge in [0.2, 0.25) is 0 Å². The van der Waals surface area contributed by atoms with Gasteiger partial charge in [-0.2, -0.15) is 5.10 Å². The normalized spacial score (nSPS) is 10.6. The molecule has 0 saturated heterocycles. The molecule has 90 valence electrons. The highest BCUT2D eigenvalue weighted by Gasteiger charge is 2.12. The number of aryl methyl sites for hydroxylation is 1. The molecule has 0 fully saturated rings. The van der Waals surface area contributed by atoms with Gasteiger partial charge in [0.1, 0.15) is 5.75 Å². The maximum Gasteiger partial charge on any atom is 0.126 e. The fourth-order valence-corrected chi connectivity index (χ4v) is 2.09. The van der Waals surface area contributed by atoms with E-state index in [2.05, 4.69) is 12.0 Å². The maximum atomic E-state index is 6.03. The molecule has 0 amide bonds. The van der Waals surface area contributed by atoms with E-state index in [1.165, 1.54) is 0 Å². The zero-order chi connectivity index (χ0) is 12.4. The highest BCUT2D eigenvalue weighted by atomic mass is 35.5. The second-order valence-corrected chi connectivity index (χ2v) is 4.24. The third-order valence-corrected chi connectivity index (χ3v) is 3.09. The fourth-order valence-electron chi connectivity index (χ4n) is 1.92. The van der Waals surface area contributed by atoms with E-state index in [9.17, 15) is 0 Å². The highest BCUT2D eigenvalue weighted by molar-refractivity contribution is 6.31. The first kappa shape index (κ1) is 12.0. The number of nitrogens with zero attached hydrogens (tertiary/aromatic N) is 2. The number of methoxy groups -OCH3 is 1. The minimum absolute atomic E-state index is 0.699. The average Bonchev–Trinajstić information content (AvgIpc) is 2.70. The number of aromatic nitrogens is 2. The summed E-state index contributed by atoms with van der Waals surface area (Å²) in [7, 11) is 1.66. The van der Waals surface area contributed by atoms with Gasteiger partial charge in [0.25, 0.3) is 0 Å². The SMILES string of the molecule is CCn1ncc(-c2cc(Cl)ccc2OC)c1C. The molecule has 2 rings (SSSR count). The highest BCUT2D eigenvalue weighted by Crippen LogP contribution is 2.34. The van der Waals surface area contributed by atoms with Crippen LogP contribution in [0.4, 0.5) is 0 Å². The molecule has 1 aromatic heterocycles. The molecule has 0 bridgehead atoms. The molecule has 0 N–H and O–H groups in total. The van der Waals surface area contributed by atoms with Gasteiger partial charge in [-0.3, -0.25) is 4.68 Å². The molecule has 2 aromatic rings. The number of hydrogen-bond acceptors (Lipinski definition) is 2. The van der Waals surface area contributed by atoms with Crippen molar-refractivity contribution in [1.82, 2.24) is 9.78 Å². The van der Waals surface area contributed by atoms with Crippen LogP contribution < -0.4 is 4.74 Å². The molecule has 0 spiro atoms. The quantitative estimate of drug-likeness (QED) is 0.833. The van der Waals surface area contributed by atoms with Crippen LogP contribution in [0.15, 0.2) is 24.4 Å². The van der Waals surface area contributed by atoms with Gasteiger partial charge in [0, 0.05) is 28.4 Å². The molecule has 0 saturated carbocycles. The molecule has 0 atom stereocenters. The van der Waals surface area contributed by atoms with Crippen molar-refractivity contribution in [1.29, 1.82) is 0 Å². The predicted octanol–water partition coefficient (Wildman–Crippen LogP) is 3.54.